The maximum absolute atomic E-state index is 12.6. The molecule has 1 aliphatic heterocycles. The summed E-state index contributed by atoms with van der Waals surface area (Å²) in [6.45, 7) is 3.37. The Balaban J connectivity index is 1.47. The topological polar surface area (TPSA) is 80.6 Å². The van der Waals surface area contributed by atoms with Crippen LogP contribution in [-0.4, -0.2) is 39.3 Å². The monoisotopic (exact) mass is 419 g/mol. The average Bonchev–Trinajstić information content (AvgIpc) is 3.01. The molecule has 0 spiro atoms. The predicted molar refractivity (Wildman–Crippen MR) is 111 cm³/mol. The highest BCUT2D eigenvalue weighted by atomic mass is 32.2. The molecule has 0 bridgehead atoms. The number of nitrogens with one attached hydrogen (secondary N) is 1. The van der Waals surface area contributed by atoms with E-state index in [2.05, 4.69) is 9.62 Å². The average molecular weight is 420 g/mol. The number of morpholine rings is 1. The van der Waals surface area contributed by atoms with Crippen molar-refractivity contribution in [3.63, 3.8) is 0 Å². The zero-order chi connectivity index (χ0) is 19.7. The van der Waals surface area contributed by atoms with Crippen LogP contribution in [0.3, 0.4) is 0 Å². The van der Waals surface area contributed by atoms with Crippen molar-refractivity contribution < 1.29 is 13.2 Å². The summed E-state index contributed by atoms with van der Waals surface area (Å²) >= 11 is 1.04. The SMILES string of the molecule is Cn1c(=O)sc2cc(S(=O)(=O)NCc3ccc(N4CCOCC4)cc3)ccc21. The zero-order valence-electron chi connectivity index (χ0n) is 15.4. The minimum absolute atomic E-state index is 0.113. The lowest BCUT2D eigenvalue weighted by Crippen LogP contribution is -2.36. The second-order valence-corrected chi connectivity index (χ2v) is 9.41. The van der Waals surface area contributed by atoms with Gasteiger partial charge in [0.25, 0.3) is 0 Å². The van der Waals surface area contributed by atoms with E-state index in [-0.39, 0.29) is 16.3 Å². The highest BCUT2D eigenvalue weighted by Gasteiger charge is 2.16. The number of thiazole rings is 1. The molecular formula is C19H21N3O4S2. The molecule has 1 N–H and O–H groups in total. The highest BCUT2D eigenvalue weighted by molar-refractivity contribution is 7.89. The van der Waals surface area contributed by atoms with E-state index in [1.54, 1.807) is 19.2 Å². The van der Waals surface area contributed by atoms with E-state index in [9.17, 15) is 13.2 Å². The van der Waals surface area contributed by atoms with E-state index in [1.165, 1.54) is 10.6 Å². The summed E-state index contributed by atoms with van der Waals surface area (Å²) in [5.74, 6) is 0. The van der Waals surface area contributed by atoms with Crippen LogP contribution in [0.1, 0.15) is 5.56 Å². The summed E-state index contributed by atoms with van der Waals surface area (Å²) in [6.07, 6.45) is 0. The molecule has 2 heterocycles. The van der Waals surface area contributed by atoms with Crippen molar-refractivity contribution in [2.75, 3.05) is 31.2 Å². The number of hydrogen-bond acceptors (Lipinski definition) is 6. The molecule has 2 aromatic carbocycles. The van der Waals surface area contributed by atoms with Crippen LogP contribution in [0.15, 0.2) is 52.2 Å². The Kier molecular flexibility index (Phi) is 5.24. The van der Waals surface area contributed by atoms with Crippen LogP contribution in [0, 0.1) is 0 Å². The Morgan fingerprint density at radius 2 is 1.82 bits per heavy atom. The van der Waals surface area contributed by atoms with Crippen molar-refractivity contribution in [2.24, 2.45) is 7.05 Å². The lowest BCUT2D eigenvalue weighted by Gasteiger charge is -2.28. The molecule has 148 valence electrons. The fourth-order valence-corrected chi connectivity index (χ4v) is 5.23. The number of benzene rings is 2. The summed E-state index contributed by atoms with van der Waals surface area (Å²) in [5, 5.41) is 0. The minimum Gasteiger partial charge on any atom is -0.378 e. The number of anilines is 1. The van der Waals surface area contributed by atoms with Crippen LogP contribution in [0.5, 0.6) is 0 Å². The predicted octanol–water partition coefficient (Wildman–Crippen LogP) is 1.92. The molecule has 1 aromatic heterocycles. The number of ether oxygens (including phenoxy) is 1. The van der Waals surface area contributed by atoms with E-state index in [1.807, 2.05) is 24.3 Å². The molecule has 1 fully saturated rings. The number of hydrogen-bond donors (Lipinski definition) is 1. The summed E-state index contributed by atoms with van der Waals surface area (Å²) < 4.78 is 35.5. The highest BCUT2D eigenvalue weighted by Crippen LogP contribution is 2.21. The van der Waals surface area contributed by atoms with Gasteiger partial charge in [-0.15, -0.1) is 0 Å². The first-order valence-corrected chi connectivity index (χ1v) is 11.2. The molecule has 0 aliphatic carbocycles. The summed E-state index contributed by atoms with van der Waals surface area (Å²) in [5.41, 5.74) is 2.72. The Morgan fingerprint density at radius 1 is 1.11 bits per heavy atom. The molecule has 0 radical (unpaired) electrons. The molecule has 0 atom stereocenters. The number of sulfonamides is 1. The van der Waals surface area contributed by atoms with Crippen LogP contribution in [0.4, 0.5) is 5.69 Å². The van der Waals surface area contributed by atoms with Gasteiger partial charge in [0.15, 0.2) is 0 Å². The number of fused-ring (bicyclic) bond motifs is 1. The van der Waals surface area contributed by atoms with Crippen LogP contribution in [0.25, 0.3) is 10.2 Å². The van der Waals surface area contributed by atoms with E-state index in [0.717, 1.165) is 54.4 Å². The van der Waals surface area contributed by atoms with Crippen LogP contribution in [-0.2, 0) is 28.4 Å². The van der Waals surface area contributed by atoms with Crippen LogP contribution >= 0.6 is 11.3 Å². The Labute approximate surface area is 167 Å². The van der Waals surface area contributed by atoms with Crippen molar-refractivity contribution in [1.82, 2.24) is 9.29 Å². The van der Waals surface area contributed by atoms with Gasteiger partial charge in [-0.1, -0.05) is 23.5 Å². The molecular weight excluding hydrogens is 398 g/mol. The molecule has 0 saturated carbocycles. The normalized spacial score (nSPS) is 15.2. The standard InChI is InChI=1S/C19H21N3O4S2/c1-21-17-7-6-16(12-18(17)27-19(21)23)28(24,25)20-13-14-2-4-15(5-3-14)22-8-10-26-11-9-22/h2-7,12,20H,8-11,13H2,1H3. The maximum Gasteiger partial charge on any atom is 0.307 e. The smallest absolute Gasteiger partial charge is 0.307 e. The molecule has 4 rings (SSSR count). The maximum atomic E-state index is 12.6. The number of nitrogens with zero attached hydrogens (tertiary/aromatic N) is 2. The molecule has 3 aromatic rings. The fourth-order valence-electron chi connectivity index (χ4n) is 3.19. The lowest BCUT2D eigenvalue weighted by molar-refractivity contribution is 0.122. The van der Waals surface area contributed by atoms with Crippen molar-refractivity contribution >= 4 is 37.3 Å². The first-order valence-electron chi connectivity index (χ1n) is 8.95. The number of rotatable bonds is 5. The van der Waals surface area contributed by atoms with Gasteiger partial charge in [0.05, 0.1) is 28.3 Å². The van der Waals surface area contributed by atoms with Gasteiger partial charge in [-0.2, -0.15) is 0 Å². The molecule has 0 amide bonds. The van der Waals surface area contributed by atoms with E-state index in [0.29, 0.717) is 4.70 Å². The molecule has 1 aliphatic rings. The number of aryl methyl sites for hydroxylation is 1. The molecule has 7 nitrogen and oxygen atoms in total. The third-order valence-electron chi connectivity index (χ3n) is 4.85. The number of aromatic nitrogens is 1. The van der Waals surface area contributed by atoms with Crippen LogP contribution < -0.4 is 14.5 Å². The fraction of sp³-hybridized carbons (Fsp3) is 0.316. The van der Waals surface area contributed by atoms with Gasteiger partial charge in [-0.25, -0.2) is 13.1 Å². The Morgan fingerprint density at radius 3 is 2.54 bits per heavy atom. The largest absolute Gasteiger partial charge is 0.378 e. The summed E-state index contributed by atoms with van der Waals surface area (Å²) in [6, 6.07) is 12.6. The van der Waals surface area contributed by atoms with Gasteiger partial charge < -0.3 is 14.2 Å². The van der Waals surface area contributed by atoms with Gasteiger partial charge in [-0.3, -0.25) is 4.79 Å². The van der Waals surface area contributed by atoms with Gasteiger partial charge in [0, 0.05) is 32.4 Å². The lowest BCUT2D eigenvalue weighted by atomic mass is 10.2. The Hall–Kier alpha value is -2.20. The van der Waals surface area contributed by atoms with Crippen molar-refractivity contribution in [3.8, 4) is 0 Å². The van der Waals surface area contributed by atoms with E-state index >= 15 is 0 Å². The first-order chi connectivity index (χ1) is 13.4. The van der Waals surface area contributed by atoms with Gasteiger partial charge in [0.2, 0.25) is 10.0 Å². The quantitative estimate of drug-likeness (QED) is 0.683. The zero-order valence-corrected chi connectivity index (χ0v) is 17.1. The van der Waals surface area contributed by atoms with E-state index < -0.39 is 10.0 Å². The second-order valence-electron chi connectivity index (χ2n) is 6.65. The summed E-state index contributed by atoms with van der Waals surface area (Å²) in [7, 11) is -1.99. The van der Waals surface area contributed by atoms with Gasteiger partial charge >= 0.3 is 4.87 Å². The van der Waals surface area contributed by atoms with Crippen molar-refractivity contribution in [2.45, 2.75) is 11.4 Å². The summed E-state index contributed by atoms with van der Waals surface area (Å²) in [4.78, 5) is 14.1. The molecule has 1 saturated heterocycles. The third kappa shape index (κ3) is 3.83. The second kappa shape index (κ2) is 7.67. The van der Waals surface area contributed by atoms with Crippen molar-refractivity contribution in [3.05, 3.63) is 57.7 Å². The Bertz CT molecular complexity index is 1140. The van der Waals surface area contributed by atoms with E-state index in [4.69, 9.17) is 4.74 Å². The van der Waals surface area contributed by atoms with Crippen molar-refractivity contribution in [1.29, 1.82) is 0 Å². The van der Waals surface area contributed by atoms with Gasteiger partial charge in [-0.05, 0) is 35.9 Å². The molecule has 0 unspecified atom stereocenters. The van der Waals surface area contributed by atoms with Crippen LogP contribution in [0.2, 0.25) is 0 Å². The molecule has 9 heteroatoms. The minimum atomic E-state index is -3.67. The molecule has 28 heavy (non-hydrogen) atoms. The first kappa shape index (κ1) is 19.1. The van der Waals surface area contributed by atoms with Gasteiger partial charge in [0.1, 0.15) is 0 Å². The third-order valence-corrected chi connectivity index (χ3v) is 7.25.